The van der Waals surface area contributed by atoms with Crippen LogP contribution in [0.5, 0.6) is 5.75 Å². The molecule has 1 aliphatic rings. The van der Waals surface area contributed by atoms with Crippen molar-refractivity contribution in [1.29, 1.82) is 0 Å². The summed E-state index contributed by atoms with van der Waals surface area (Å²) in [5.74, 6) is 0.775. The molecule has 0 atom stereocenters. The molecule has 3 N–H and O–H groups in total. The van der Waals surface area contributed by atoms with Gasteiger partial charge in [0.15, 0.2) is 0 Å². The molecular formula is C15H23NO. The fourth-order valence-electron chi connectivity index (χ4n) is 2.93. The van der Waals surface area contributed by atoms with Crippen LogP contribution < -0.4 is 5.73 Å². The fourth-order valence-corrected chi connectivity index (χ4v) is 2.93. The zero-order valence-corrected chi connectivity index (χ0v) is 11.1. The molecule has 0 bridgehead atoms. The summed E-state index contributed by atoms with van der Waals surface area (Å²) >= 11 is 0. The average molecular weight is 233 g/mol. The molecule has 0 amide bonds. The van der Waals surface area contributed by atoms with Crippen molar-refractivity contribution in [3.63, 3.8) is 0 Å². The number of rotatable bonds is 3. The van der Waals surface area contributed by atoms with Crippen LogP contribution in [0.4, 0.5) is 0 Å². The number of phenolic OH excluding ortho intramolecular Hbond substituents is 1. The number of hydrogen-bond donors (Lipinski definition) is 2. The van der Waals surface area contributed by atoms with Gasteiger partial charge < -0.3 is 10.8 Å². The second-order valence-corrected chi connectivity index (χ2v) is 5.72. The molecule has 1 aliphatic carbocycles. The van der Waals surface area contributed by atoms with Crippen LogP contribution in [-0.4, -0.2) is 11.7 Å². The van der Waals surface area contributed by atoms with E-state index >= 15 is 0 Å². The van der Waals surface area contributed by atoms with Gasteiger partial charge in [-0.3, -0.25) is 0 Å². The normalized spacial score (nSPS) is 18.2. The summed E-state index contributed by atoms with van der Waals surface area (Å²) in [5, 5.41) is 9.98. The van der Waals surface area contributed by atoms with Crippen LogP contribution in [0.1, 0.15) is 55.7 Å². The van der Waals surface area contributed by atoms with Crippen molar-refractivity contribution in [2.75, 3.05) is 6.54 Å². The van der Waals surface area contributed by atoms with Crippen molar-refractivity contribution >= 4 is 0 Å². The molecule has 1 fully saturated rings. The Labute approximate surface area is 104 Å². The van der Waals surface area contributed by atoms with Crippen LogP contribution >= 0.6 is 0 Å². The van der Waals surface area contributed by atoms with E-state index in [1.54, 1.807) is 0 Å². The Hall–Kier alpha value is -1.02. The minimum absolute atomic E-state index is 0.182. The lowest BCUT2D eigenvalue weighted by molar-refractivity contribution is 0.251. The molecule has 0 heterocycles. The van der Waals surface area contributed by atoms with Crippen LogP contribution in [0.15, 0.2) is 12.1 Å². The van der Waals surface area contributed by atoms with Crippen LogP contribution in [-0.2, 0) is 5.41 Å². The summed E-state index contributed by atoms with van der Waals surface area (Å²) in [6.07, 6.45) is 3.65. The van der Waals surface area contributed by atoms with Gasteiger partial charge in [-0.2, -0.15) is 0 Å². The highest BCUT2D eigenvalue weighted by Gasteiger charge is 2.38. The van der Waals surface area contributed by atoms with Gasteiger partial charge in [0.25, 0.3) is 0 Å². The number of benzene rings is 1. The van der Waals surface area contributed by atoms with E-state index in [9.17, 15) is 5.11 Å². The predicted molar refractivity (Wildman–Crippen MR) is 71.5 cm³/mol. The predicted octanol–water partition coefficient (Wildman–Crippen LogP) is 3.20. The van der Waals surface area contributed by atoms with E-state index in [-0.39, 0.29) is 5.41 Å². The molecule has 0 radical (unpaired) electrons. The first-order valence-electron chi connectivity index (χ1n) is 6.54. The van der Waals surface area contributed by atoms with E-state index in [2.05, 4.69) is 26.8 Å². The lowest BCUT2D eigenvalue weighted by Gasteiger charge is -2.43. The van der Waals surface area contributed by atoms with Crippen molar-refractivity contribution in [2.24, 2.45) is 5.73 Å². The standard InChI is InChI=1S/C15H23NO/c1-10(2)12-8-13(11(3)7-14(12)17)15(9-16)5-4-6-15/h7-8,10,17H,4-6,9,16H2,1-3H3. The van der Waals surface area contributed by atoms with Crippen molar-refractivity contribution in [1.82, 2.24) is 0 Å². The van der Waals surface area contributed by atoms with E-state index in [1.165, 1.54) is 30.4 Å². The third kappa shape index (κ3) is 1.95. The van der Waals surface area contributed by atoms with E-state index in [0.29, 0.717) is 11.7 Å². The van der Waals surface area contributed by atoms with Gasteiger partial charge in [-0.1, -0.05) is 26.3 Å². The minimum Gasteiger partial charge on any atom is -0.508 e. The Morgan fingerprint density at radius 2 is 2.00 bits per heavy atom. The molecule has 0 spiro atoms. The maximum atomic E-state index is 9.98. The van der Waals surface area contributed by atoms with Gasteiger partial charge in [0.1, 0.15) is 5.75 Å². The molecule has 0 saturated heterocycles. The van der Waals surface area contributed by atoms with Gasteiger partial charge in [0.2, 0.25) is 0 Å². The lowest BCUT2D eigenvalue weighted by atomic mass is 9.63. The highest BCUT2D eigenvalue weighted by atomic mass is 16.3. The zero-order chi connectivity index (χ0) is 12.6. The van der Waals surface area contributed by atoms with Gasteiger partial charge in [-0.15, -0.1) is 0 Å². The Kier molecular flexibility index (Phi) is 3.17. The fraction of sp³-hybridized carbons (Fsp3) is 0.600. The van der Waals surface area contributed by atoms with Gasteiger partial charge >= 0.3 is 0 Å². The number of aryl methyl sites for hydroxylation is 1. The topological polar surface area (TPSA) is 46.2 Å². The summed E-state index contributed by atoms with van der Waals surface area (Å²) < 4.78 is 0. The summed E-state index contributed by atoms with van der Waals surface area (Å²) in [7, 11) is 0. The molecule has 17 heavy (non-hydrogen) atoms. The largest absolute Gasteiger partial charge is 0.508 e. The quantitative estimate of drug-likeness (QED) is 0.842. The molecule has 2 rings (SSSR count). The van der Waals surface area contributed by atoms with E-state index in [4.69, 9.17) is 5.73 Å². The number of aromatic hydroxyl groups is 1. The van der Waals surface area contributed by atoms with E-state index < -0.39 is 0 Å². The molecule has 94 valence electrons. The molecule has 1 saturated carbocycles. The highest BCUT2D eigenvalue weighted by Crippen LogP contribution is 2.45. The SMILES string of the molecule is Cc1cc(O)c(C(C)C)cc1C1(CN)CCC1. The van der Waals surface area contributed by atoms with Crippen LogP contribution in [0.25, 0.3) is 0 Å². The first-order chi connectivity index (χ1) is 8.00. The van der Waals surface area contributed by atoms with E-state index in [1.807, 2.05) is 6.07 Å². The second kappa shape index (κ2) is 4.34. The second-order valence-electron chi connectivity index (χ2n) is 5.72. The third-order valence-corrected chi connectivity index (χ3v) is 4.27. The van der Waals surface area contributed by atoms with Crippen LogP contribution in [0, 0.1) is 6.92 Å². The van der Waals surface area contributed by atoms with E-state index in [0.717, 1.165) is 12.1 Å². The molecule has 0 aromatic heterocycles. The Morgan fingerprint density at radius 3 is 2.41 bits per heavy atom. The van der Waals surface area contributed by atoms with Crippen molar-refractivity contribution in [3.8, 4) is 5.75 Å². The molecule has 2 heteroatoms. The average Bonchev–Trinajstić information content (AvgIpc) is 2.19. The Bertz CT molecular complexity index is 414. The van der Waals surface area contributed by atoms with Crippen molar-refractivity contribution < 1.29 is 5.11 Å². The lowest BCUT2D eigenvalue weighted by Crippen LogP contribution is -2.42. The van der Waals surface area contributed by atoms with Gasteiger partial charge in [0, 0.05) is 12.0 Å². The smallest absolute Gasteiger partial charge is 0.119 e. The summed E-state index contributed by atoms with van der Waals surface area (Å²) in [4.78, 5) is 0. The van der Waals surface area contributed by atoms with Gasteiger partial charge in [-0.05, 0) is 48.4 Å². The highest BCUT2D eigenvalue weighted by molar-refractivity contribution is 5.47. The molecule has 2 nitrogen and oxygen atoms in total. The summed E-state index contributed by atoms with van der Waals surface area (Å²) in [6.45, 7) is 7.03. The Morgan fingerprint density at radius 1 is 1.35 bits per heavy atom. The Balaban J connectivity index is 2.50. The summed E-state index contributed by atoms with van der Waals surface area (Å²) in [6, 6.07) is 4.09. The molecule has 0 unspecified atom stereocenters. The van der Waals surface area contributed by atoms with Crippen molar-refractivity contribution in [2.45, 2.75) is 51.4 Å². The molecule has 1 aromatic carbocycles. The summed E-state index contributed by atoms with van der Waals surface area (Å²) in [5.41, 5.74) is 9.73. The monoisotopic (exact) mass is 233 g/mol. The number of phenols is 1. The first kappa shape index (κ1) is 12.4. The zero-order valence-electron chi connectivity index (χ0n) is 11.1. The van der Waals surface area contributed by atoms with Gasteiger partial charge in [0.05, 0.1) is 0 Å². The molecule has 0 aliphatic heterocycles. The third-order valence-electron chi connectivity index (χ3n) is 4.27. The van der Waals surface area contributed by atoms with Crippen LogP contribution in [0.3, 0.4) is 0 Å². The van der Waals surface area contributed by atoms with Gasteiger partial charge in [-0.25, -0.2) is 0 Å². The molecule has 1 aromatic rings. The maximum Gasteiger partial charge on any atom is 0.119 e. The number of hydrogen-bond acceptors (Lipinski definition) is 2. The maximum absolute atomic E-state index is 9.98. The molecular weight excluding hydrogens is 210 g/mol. The van der Waals surface area contributed by atoms with Crippen LogP contribution in [0.2, 0.25) is 0 Å². The van der Waals surface area contributed by atoms with Crippen molar-refractivity contribution in [3.05, 3.63) is 28.8 Å². The number of nitrogens with two attached hydrogens (primary N) is 1. The first-order valence-corrected chi connectivity index (χ1v) is 6.54. The minimum atomic E-state index is 0.182.